The number of amides is 1. The second-order valence-electron chi connectivity index (χ2n) is 7.30. The molecule has 32 heavy (non-hydrogen) atoms. The maximum absolute atomic E-state index is 12.3. The smallest absolute Gasteiger partial charge is 0.225 e. The molecule has 0 unspecified atom stereocenters. The summed E-state index contributed by atoms with van der Waals surface area (Å²) in [4.78, 5) is 23.6. The van der Waals surface area contributed by atoms with Crippen LogP contribution in [0.2, 0.25) is 0 Å². The van der Waals surface area contributed by atoms with Gasteiger partial charge in [0, 0.05) is 35.7 Å². The Labute approximate surface area is 192 Å². The van der Waals surface area contributed by atoms with E-state index in [0.717, 1.165) is 16.7 Å². The fraction of sp³-hybridized carbons (Fsp3) is 0.250. The summed E-state index contributed by atoms with van der Waals surface area (Å²) in [5.41, 5.74) is 3.52. The summed E-state index contributed by atoms with van der Waals surface area (Å²) in [5.74, 6) is 1.28. The third-order valence-electron chi connectivity index (χ3n) is 4.74. The van der Waals surface area contributed by atoms with Gasteiger partial charge in [-0.25, -0.2) is 0 Å². The molecule has 0 bridgehead atoms. The highest BCUT2D eigenvalue weighted by molar-refractivity contribution is 7.99. The molecule has 0 spiro atoms. The lowest BCUT2D eigenvalue weighted by atomic mass is 10.1. The van der Waals surface area contributed by atoms with Gasteiger partial charge in [-0.2, -0.15) is 0 Å². The lowest BCUT2D eigenvalue weighted by Crippen LogP contribution is -2.13. The van der Waals surface area contributed by atoms with Crippen LogP contribution < -0.4 is 10.6 Å². The summed E-state index contributed by atoms with van der Waals surface area (Å²) in [6.07, 6.45) is 2.14. The van der Waals surface area contributed by atoms with Gasteiger partial charge in [0.1, 0.15) is 0 Å². The summed E-state index contributed by atoms with van der Waals surface area (Å²) in [5, 5.41) is 15.6. The molecular weight excluding hydrogens is 422 g/mol. The Bertz CT molecular complexity index is 1070. The molecule has 0 saturated carbocycles. The van der Waals surface area contributed by atoms with Gasteiger partial charge in [0.2, 0.25) is 5.91 Å². The molecule has 0 fully saturated rings. The van der Waals surface area contributed by atoms with Crippen LogP contribution in [0, 0.1) is 6.92 Å². The van der Waals surface area contributed by atoms with Crippen LogP contribution in [0.15, 0.2) is 66.3 Å². The van der Waals surface area contributed by atoms with Crippen LogP contribution in [0.1, 0.15) is 35.1 Å². The average Bonchev–Trinajstić information content (AvgIpc) is 3.15. The maximum Gasteiger partial charge on any atom is 0.225 e. The first kappa shape index (κ1) is 23.3. The van der Waals surface area contributed by atoms with Crippen molar-refractivity contribution in [3.8, 4) is 0 Å². The molecule has 0 aliphatic heterocycles. The van der Waals surface area contributed by atoms with E-state index in [9.17, 15) is 9.59 Å². The molecule has 3 aromatic rings. The predicted octanol–water partition coefficient (Wildman–Crippen LogP) is 4.71. The number of anilines is 2. The molecule has 2 N–H and O–H groups in total. The zero-order valence-corrected chi connectivity index (χ0v) is 19.1. The van der Waals surface area contributed by atoms with Crippen molar-refractivity contribution in [2.24, 2.45) is 0 Å². The molecule has 8 heteroatoms. The molecule has 1 amide bonds. The molecule has 0 aliphatic rings. The predicted molar refractivity (Wildman–Crippen MR) is 129 cm³/mol. The number of hydrogen-bond donors (Lipinski definition) is 2. The zero-order chi connectivity index (χ0) is 22.9. The van der Waals surface area contributed by atoms with Crippen LogP contribution in [0.5, 0.6) is 0 Å². The highest BCUT2D eigenvalue weighted by Gasteiger charge is 2.13. The van der Waals surface area contributed by atoms with Gasteiger partial charge in [-0.3, -0.25) is 9.59 Å². The number of aryl methyl sites for hydroxylation is 1. The lowest BCUT2D eigenvalue weighted by molar-refractivity contribution is -0.115. The van der Waals surface area contributed by atoms with E-state index in [1.807, 2.05) is 16.7 Å². The van der Waals surface area contributed by atoms with Crippen LogP contribution in [-0.2, 0) is 17.9 Å². The first-order valence-electron chi connectivity index (χ1n) is 10.3. The number of nitrogens with one attached hydrogen (secondary N) is 2. The molecule has 3 rings (SSSR count). The molecule has 1 heterocycles. The van der Waals surface area contributed by atoms with Gasteiger partial charge in [-0.05, 0) is 50.2 Å². The molecule has 0 radical (unpaired) electrons. The zero-order valence-electron chi connectivity index (χ0n) is 18.3. The van der Waals surface area contributed by atoms with Crippen LogP contribution in [0.4, 0.5) is 11.4 Å². The highest BCUT2D eigenvalue weighted by Crippen LogP contribution is 2.20. The van der Waals surface area contributed by atoms with Crippen molar-refractivity contribution in [3.63, 3.8) is 0 Å². The van der Waals surface area contributed by atoms with E-state index in [0.29, 0.717) is 36.5 Å². The van der Waals surface area contributed by atoms with Gasteiger partial charge < -0.3 is 15.2 Å². The van der Waals surface area contributed by atoms with Crippen molar-refractivity contribution >= 4 is 34.8 Å². The molecular formula is C24H27N5O2S. The maximum atomic E-state index is 12.3. The molecule has 2 aromatic carbocycles. The van der Waals surface area contributed by atoms with Crippen LogP contribution in [0.3, 0.4) is 0 Å². The van der Waals surface area contributed by atoms with Crippen molar-refractivity contribution in [2.45, 2.75) is 38.5 Å². The van der Waals surface area contributed by atoms with Gasteiger partial charge in [-0.15, -0.1) is 16.8 Å². The van der Waals surface area contributed by atoms with Crippen LogP contribution in [0.25, 0.3) is 0 Å². The Kier molecular flexibility index (Phi) is 8.21. The molecule has 166 valence electrons. The average molecular weight is 450 g/mol. The first-order valence-corrected chi connectivity index (χ1v) is 11.3. The van der Waals surface area contributed by atoms with Crippen molar-refractivity contribution in [1.29, 1.82) is 0 Å². The topological polar surface area (TPSA) is 88.9 Å². The van der Waals surface area contributed by atoms with Crippen molar-refractivity contribution < 1.29 is 9.59 Å². The second-order valence-corrected chi connectivity index (χ2v) is 8.36. The van der Waals surface area contributed by atoms with Gasteiger partial charge in [0.05, 0.1) is 6.54 Å². The SMILES string of the molecule is C=CCn1c(CNc2ccc(C)cc2)nnc1SCCC(=O)Nc1ccc(C(C)=O)cc1. The molecule has 0 saturated heterocycles. The van der Waals surface area contributed by atoms with Gasteiger partial charge >= 0.3 is 0 Å². The Morgan fingerprint density at radius 2 is 1.75 bits per heavy atom. The molecule has 0 aliphatic carbocycles. The van der Waals surface area contributed by atoms with E-state index in [1.54, 1.807) is 30.3 Å². The number of Topliss-reactive ketones (excluding diaryl/α,β-unsaturated/α-hetero) is 1. The van der Waals surface area contributed by atoms with E-state index in [-0.39, 0.29) is 11.7 Å². The normalized spacial score (nSPS) is 10.6. The number of aromatic nitrogens is 3. The standard InChI is InChI=1S/C24H27N5O2S/c1-4-14-29-22(16-25-20-9-5-17(2)6-10-20)27-28-24(29)32-15-13-23(31)26-21-11-7-19(8-12-21)18(3)30/h4-12,25H,1,13-16H2,2-3H3,(H,26,31). The number of nitrogens with zero attached hydrogens (tertiary/aromatic N) is 3. The molecule has 7 nitrogen and oxygen atoms in total. The third-order valence-corrected chi connectivity index (χ3v) is 5.71. The van der Waals surface area contributed by atoms with Crippen molar-refractivity contribution in [1.82, 2.24) is 14.8 Å². The summed E-state index contributed by atoms with van der Waals surface area (Å²) in [6, 6.07) is 15.1. The van der Waals surface area contributed by atoms with Crippen molar-refractivity contribution in [3.05, 3.63) is 78.1 Å². The van der Waals surface area contributed by atoms with Crippen LogP contribution >= 0.6 is 11.8 Å². The number of carbonyl (C=O) groups excluding carboxylic acids is 2. The summed E-state index contributed by atoms with van der Waals surface area (Å²) >= 11 is 1.49. The third kappa shape index (κ3) is 6.55. The van der Waals surface area contributed by atoms with E-state index in [4.69, 9.17) is 0 Å². The summed E-state index contributed by atoms with van der Waals surface area (Å²) in [7, 11) is 0. The minimum absolute atomic E-state index is 0.00338. The second kappa shape index (κ2) is 11.3. The Balaban J connectivity index is 1.52. The fourth-order valence-corrected chi connectivity index (χ4v) is 3.87. The van der Waals surface area contributed by atoms with Crippen LogP contribution in [-0.4, -0.2) is 32.2 Å². The minimum Gasteiger partial charge on any atom is -0.378 e. The van der Waals surface area contributed by atoms with E-state index in [1.165, 1.54) is 24.2 Å². The van der Waals surface area contributed by atoms with E-state index in [2.05, 4.69) is 46.5 Å². The highest BCUT2D eigenvalue weighted by atomic mass is 32.2. The van der Waals surface area contributed by atoms with E-state index >= 15 is 0 Å². The molecule has 0 atom stereocenters. The van der Waals surface area contributed by atoms with Crippen molar-refractivity contribution in [2.75, 3.05) is 16.4 Å². The monoisotopic (exact) mass is 449 g/mol. The largest absolute Gasteiger partial charge is 0.378 e. The number of thioether (sulfide) groups is 1. The van der Waals surface area contributed by atoms with E-state index < -0.39 is 0 Å². The van der Waals surface area contributed by atoms with Gasteiger partial charge in [-0.1, -0.05) is 35.5 Å². The quantitative estimate of drug-likeness (QED) is 0.250. The lowest BCUT2D eigenvalue weighted by Gasteiger charge is -2.10. The number of ketones is 1. The van der Waals surface area contributed by atoms with Gasteiger partial charge in [0.15, 0.2) is 16.8 Å². The summed E-state index contributed by atoms with van der Waals surface area (Å²) in [6.45, 7) is 8.53. The number of hydrogen-bond acceptors (Lipinski definition) is 6. The van der Waals surface area contributed by atoms with Gasteiger partial charge in [0.25, 0.3) is 0 Å². The number of carbonyl (C=O) groups is 2. The Hall–Kier alpha value is -3.39. The molecule has 1 aromatic heterocycles. The summed E-state index contributed by atoms with van der Waals surface area (Å²) < 4.78 is 2.00. The number of benzene rings is 2. The fourth-order valence-electron chi connectivity index (χ4n) is 2.97. The first-order chi connectivity index (χ1) is 15.5. The number of allylic oxidation sites excluding steroid dienone is 1. The number of rotatable bonds is 11. The Morgan fingerprint density at radius 1 is 1.06 bits per heavy atom. The Morgan fingerprint density at radius 3 is 2.41 bits per heavy atom. The minimum atomic E-state index is -0.0934.